The van der Waals surface area contributed by atoms with Gasteiger partial charge in [-0.25, -0.2) is 4.98 Å². The van der Waals surface area contributed by atoms with E-state index in [0.717, 1.165) is 31.2 Å². The number of hydrogen-bond acceptors (Lipinski definition) is 3. The van der Waals surface area contributed by atoms with Crippen molar-refractivity contribution in [3.63, 3.8) is 0 Å². The molecular weight excluding hydrogens is 202 g/mol. The molecule has 0 bridgehead atoms. The number of hydrogen-bond donors (Lipinski definition) is 1. The van der Waals surface area contributed by atoms with Crippen LogP contribution in [0, 0.1) is 6.92 Å². The third-order valence-electron chi connectivity index (χ3n) is 2.35. The zero-order valence-electron chi connectivity index (χ0n) is 10.4. The van der Waals surface area contributed by atoms with Crippen LogP contribution in [0.5, 0.6) is 0 Å². The van der Waals surface area contributed by atoms with Gasteiger partial charge in [0.25, 0.3) is 0 Å². The van der Waals surface area contributed by atoms with Gasteiger partial charge in [-0.1, -0.05) is 6.08 Å². The van der Waals surface area contributed by atoms with Crippen LogP contribution in [0.2, 0.25) is 0 Å². The number of aromatic nitrogens is 2. The molecule has 0 saturated carbocycles. The van der Waals surface area contributed by atoms with E-state index in [1.54, 1.807) is 7.11 Å². The number of nitrogens with zero attached hydrogens (tertiary/aromatic N) is 2. The summed E-state index contributed by atoms with van der Waals surface area (Å²) in [7, 11) is 1.72. The monoisotopic (exact) mass is 223 g/mol. The zero-order chi connectivity index (χ0) is 12.0. The van der Waals surface area contributed by atoms with Gasteiger partial charge in [0.05, 0.1) is 5.69 Å². The lowest BCUT2D eigenvalue weighted by Crippen LogP contribution is -2.19. The maximum Gasteiger partial charge on any atom is 0.203 e. The van der Waals surface area contributed by atoms with Crippen LogP contribution in [-0.2, 0) is 11.3 Å². The molecule has 1 atom stereocenters. The number of imidazole rings is 1. The quantitative estimate of drug-likeness (QED) is 0.720. The molecule has 1 N–H and O–H groups in total. The number of ether oxygens (including phenoxy) is 1. The Morgan fingerprint density at radius 1 is 1.69 bits per heavy atom. The number of aryl methyl sites for hydroxylation is 1. The second-order valence-corrected chi connectivity index (χ2v) is 3.97. The van der Waals surface area contributed by atoms with E-state index in [-0.39, 0.29) is 0 Å². The first-order valence-electron chi connectivity index (χ1n) is 5.57. The lowest BCUT2D eigenvalue weighted by Gasteiger charge is -2.14. The summed E-state index contributed by atoms with van der Waals surface area (Å²) in [5, 5.41) is 3.38. The van der Waals surface area contributed by atoms with Crippen molar-refractivity contribution in [2.45, 2.75) is 32.9 Å². The molecule has 4 heteroatoms. The molecule has 0 aliphatic rings. The molecule has 16 heavy (non-hydrogen) atoms. The van der Waals surface area contributed by atoms with Crippen molar-refractivity contribution in [2.24, 2.45) is 0 Å². The first-order chi connectivity index (χ1) is 7.67. The third-order valence-corrected chi connectivity index (χ3v) is 2.35. The second kappa shape index (κ2) is 6.33. The molecule has 90 valence electrons. The van der Waals surface area contributed by atoms with Gasteiger partial charge >= 0.3 is 0 Å². The number of rotatable bonds is 7. The van der Waals surface area contributed by atoms with Crippen LogP contribution in [0.25, 0.3) is 0 Å². The van der Waals surface area contributed by atoms with Crippen molar-refractivity contribution in [3.05, 3.63) is 24.5 Å². The predicted octanol–water partition coefficient (Wildman–Crippen LogP) is 2.21. The molecule has 1 unspecified atom stereocenters. The standard InChI is InChI=1S/C12H21N3O/c1-5-7-15-9-11(3)14-12(15)13-10(2)6-8-16-4/h5,9-10H,1,6-8H2,2-4H3,(H,13,14). The second-order valence-electron chi connectivity index (χ2n) is 3.97. The van der Waals surface area contributed by atoms with Crippen LogP contribution in [0.3, 0.4) is 0 Å². The Hall–Kier alpha value is -1.29. The van der Waals surface area contributed by atoms with Crippen molar-refractivity contribution in [1.82, 2.24) is 9.55 Å². The van der Waals surface area contributed by atoms with Crippen molar-refractivity contribution in [3.8, 4) is 0 Å². The van der Waals surface area contributed by atoms with Crippen molar-refractivity contribution in [2.75, 3.05) is 19.0 Å². The highest BCUT2D eigenvalue weighted by atomic mass is 16.5. The van der Waals surface area contributed by atoms with E-state index in [1.807, 2.05) is 19.2 Å². The molecule has 0 amide bonds. The van der Waals surface area contributed by atoms with E-state index in [4.69, 9.17) is 4.74 Å². The summed E-state index contributed by atoms with van der Waals surface area (Å²) in [4.78, 5) is 4.44. The minimum atomic E-state index is 0.352. The highest BCUT2D eigenvalue weighted by molar-refractivity contribution is 5.30. The molecule has 0 aliphatic carbocycles. The largest absolute Gasteiger partial charge is 0.385 e. The Morgan fingerprint density at radius 2 is 2.44 bits per heavy atom. The molecule has 1 aromatic heterocycles. The van der Waals surface area contributed by atoms with Gasteiger partial charge in [-0.15, -0.1) is 6.58 Å². The highest BCUT2D eigenvalue weighted by Gasteiger charge is 2.07. The Balaban J connectivity index is 2.60. The molecule has 4 nitrogen and oxygen atoms in total. The molecule has 1 rings (SSSR count). The first kappa shape index (κ1) is 12.8. The number of nitrogens with one attached hydrogen (secondary N) is 1. The summed E-state index contributed by atoms with van der Waals surface area (Å²) in [6.45, 7) is 9.39. The van der Waals surface area contributed by atoms with Gasteiger partial charge in [-0.3, -0.25) is 0 Å². The maximum atomic E-state index is 5.05. The predicted molar refractivity (Wildman–Crippen MR) is 66.7 cm³/mol. The minimum absolute atomic E-state index is 0.352. The van der Waals surface area contributed by atoms with Gasteiger partial charge in [-0.2, -0.15) is 0 Å². The molecular formula is C12H21N3O. The first-order valence-corrected chi connectivity index (χ1v) is 5.57. The summed E-state index contributed by atoms with van der Waals surface area (Å²) in [6.07, 6.45) is 4.86. The van der Waals surface area contributed by atoms with Crippen molar-refractivity contribution in [1.29, 1.82) is 0 Å². The molecule has 0 aromatic carbocycles. The summed E-state index contributed by atoms with van der Waals surface area (Å²) < 4.78 is 7.11. The number of allylic oxidation sites excluding steroid dienone is 1. The molecule has 0 saturated heterocycles. The zero-order valence-corrected chi connectivity index (χ0v) is 10.4. The fourth-order valence-corrected chi connectivity index (χ4v) is 1.53. The van der Waals surface area contributed by atoms with Gasteiger partial charge < -0.3 is 14.6 Å². The number of anilines is 1. The van der Waals surface area contributed by atoms with Crippen LogP contribution >= 0.6 is 0 Å². The summed E-state index contributed by atoms with van der Waals surface area (Å²) in [6, 6.07) is 0.352. The smallest absolute Gasteiger partial charge is 0.203 e. The fraction of sp³-hybridized carbons (Fsp3) is 0.583. The lowest BCUT2D eigenvalue weighted by molar-refractivity contribution is 0.191. The molecule has 1 heterocycles. The van der Waals surface area contributed by atoms with E-state index in [2.05, 4.69) is 28.4 Å². The van der Waals surface area contributed by atoms with E-state index in [0.29, 0.717) is 6.04 Å². The van der Waals surface area contributed by atoms with Crippen LogP contribution in [0.4, 0.5) is 5.95 Å². The normalized spacial score (nSPS) is 12.4. The van der Waals surface area contributed by atoms with Crippen molar-refractivity contribution >= 4 is 5.95 Å². The van der Waals surface area contributed by atoms with Gasteiger partial charge in [0, 0.05) is 32.5 Å². The fourth-order valence-electron chi connectivity index (χ4n) is 1.53. The van der Waals surface area contributed by atoms with Crippen molar-refractivity contribution < 1.29 is 4.74 Å². The Morgan fingerprint density at radius 3 is 3.06 bits per heavy atom. The van der Waals surface area contributed by atoms with Gasteiger partial charge in [0.15, 0.2) is 0 Å². The summed E-state index contributed by atoms with van der Waals surface area (Å²) in [5.41, 5.74) is 1.02. The molecule has 1 aromatic rings. The Bertz CT molecular complexity index is 333. The Kier molecular flexibility index (Phi) is 5.05. The molecule has 0 fully saturated rings. The SMILES string of the molecule is C=CCn1cc(C)nc1NC(C)CCOC. The lowest BCUT2D eigenvalue weighted by atomic mass is 10.2. The third kappa shape index (κ3) is 3.70. The van der Waals surface area contributed by atoms with E-state index >= 15 is 0 Å². The maximum absolute atomic E-state index is 5.05. The average molecular weight is 223 g/mol. The number of methoxy groups -OCH3 is 1. The molecule has 0 radical (unpaired) electrons. The summed E-state index contributed by atoms with van der Waals surface area (Å²) >= 11 is 0. The van der Waals surface area contributed by atoms with Gasteiger partial charge in [0.2, 0.25) is 5.95 Å². The van der Waals surface area contributed by atoms with Crippen LogP contribution in [0.1, 0.15) is 19.0 Å². The molecule has 0 spiro atoms. The topological polar surface area (TPSA) is 39.1 Å². The van der Waals surface area contributed by atoms with E-state index in [1.165, 1.54) is 0 Å². The summed E-state index contributed by atoms with van der Waals surface area (Å²) in [5.74, 6) is 0.904. The van der Waals surface area contributed by atoms with Crippen LogP contribution in [-0.4, -0.2) is 29.3 Å². The average Bonchev–Trinajstić information content (AvgIpc) is 2.56. The Labute approximate surface area is 97.3 Å². The van der Waals surface area contributed by atoms with E-state index < -0.39 is 0 Å². The minimum Gasteiger partial charge on any atom is -0.385 e. The van der Waals surface area contributed by atoms with Gasteiger partial charge in [-0.05, 0) is 20.3 Å². The highest BCUT2D eigenvalue weighted by Crippen LogP contribution is 2.10. The van der Waals surface area contributed by atoms with Gasteiger partial charge in [0.1, 0.15) is 0 Å². The van der Waals surface area contributed by atoms with Crippen LogP contribution in [0.15, 0.2) is 18.9 Å². The van der Waals surface area contributed by atoms with Crippen LogP contribution < -0.4 is 5.32 Å². The van der Waals surface area contributed by atoms with E-state index in [9.17, 15) is 0 Å². The molecule has 0 aliphatic heterocycles.